The molecule has 3 nitrogen and oxygen atoms in total. The number of hydrogen-bond acceptors (Lipinski definition) is 3. The largest absolute Gasteiger partial charge is 0.464 e. The van der Waals surface area contributed by atoms with E-state index in [1.165, 1.54) is 0 Å². The van der Waals surface area contributed by atoms with Crippen molar-refractivity contribution >= 4 is 5.97 Å². The van der Waals surface area contributed by atoms with E-state index in [0.717, 1.165) is 12.0 Å². The van der Waals surface area contributed by atoms with E-state index in [2.05, 4.69) is 0 Å². The zero-order valence-corrected chi connectivity index (χ0v) is 8.68. The number of hydrogen-bond donors (Lipinski definition) is 0. The van der Waals surface area contributed by atoms with Gasteiger partial charge in [-0.15, -0.1) is 0 Å². The molecule has 0 N–H and O–H groups in total. The van der Waals surface area contributed by atoms with Crippen LogP contribution in [-0.2, 0) is 14.3 Å². The Kier molecular flexibility index (Phi) is 3.02. The highest BCUT2D eigenvalue weighted by Crippen LogP contribution is 2.39. The second kappa shape index (κ2) is 4.45. The molecule has 2 unspecified atom stereocenters. The van der Waals surface area contributed by atoms with Gasteiger partial charge in [-0.3, -0.25) is 0 Å². The van der Waals surface area contributed by atoms with E-state index in [1.54, 1.807) is 0 Å². The third-order valence-corrected chi connectivity index (χ3v) is 2.30. The highest BCUT2D eigenvalue weighted by Gasteiger charge is 2.47. The maximum atomic E-state index is 11.4. The van der Waals surface area contributed by atoms with Gasteiger partial charge in [0, 0.05) is 0 Å². The van der Waals surface area contributed by atoms with E-state index in [-0.39, 0.29) is 18.2 Å². The van der Waals surface area contributed by atoms with Crippen LogP contribution in [0.4, 0.5) is 0 Å². The highest BCUT2D eigenvalue weighted by atomic mass is 16.6. The van der Waals surface area contributed by atoms with Gasteiger partial charge in [0.2, 0.25) is 0 Å². The first-order valence-corrected chi connectivity index (χ1v) is 5.20. The molecule has 0 saturated carbocycles. The molecule has 1 saturated heterocycles. The summed E-state index contributed by atoms with van der Waals surface area (Å²) in [6.45, 7) is 2.44. The summed E-state index contributed by atoms with van der Waals surface area (Å²) in [6, 6.07) is 9.72. The van der Waals surface area contributed by atoms with E-state index in [1.807, 2.05) is 37.3 Å². The monoisotopic (exact) mass is 206 g/mol. The Morgan fingerprint density at radius 3 is 2.80 bits per heavy atom. The van der Waals surface area contributed by atoms with Crippen molar-refractivity contribution < 1.29 is 14.3 Å². The van der Waals surface area contributed by atoms with Gasteiger partial charge in [0.05, 0.1) is 6.61 Å². The molecule has 15 heavy (non-hydrogen) atoms. The minimum Gasteiger partial charge on any atom is -0.464 e. The Labute approximate surface area is 89.0 Å². The van der Waals surface area contributed by atoms with Crippen molar-refractivity contribution in [3.63, 3.8) is 0 Å². The Morgan fingerprint density at radius 1 is 1.40 bits per heavy atom. The number of carbonyl (C=O) groups is 1. The molecule has 0 aromatic heterocycles. The Hall–Kier alpha value is -1.35. The Morgan fingerprint density at radius 2 is 2.13 bits per heavy atom. The van der Waals surface area contributed by atoms with Crippen LogP contribution >= 0.6 is 0 Å². The lowest BCUT2D eigenvalue weighted by molar-refractivity contribution is -0.145. The molecular formula is C12H14O3. The first-order valence-electron chi connectivity index (χ1n) is 5.20. The summed E-state index contributed by atoms with van der Waals surface area (Å²) >= 11 is 0. The molecule has 0 spiro atoms. The summed E-state index contributed by atoms with van der Waals surface area (Å²) in [7, 11) is 0. The van der Waals surface area contributed by atoms with Gasteiger partial charge in [-0.1, -0.05) is 37.3 Å². The van der Waals surface area contributed by atoms with Crippen molar-refractivity contribution in [3.8, 4) is 0 Å². The number of esters is 1. The summed E-state index contributed by atoms with van der Waals surface area (Å²) in [5, 5.41) is 0. The van der Waals surface area contributed by atoms with E-state index in [9.17, 15) is 4.79 Å². The summed E-state index contributed by atoms with van der Waals surface area (Å²) < 4.78 is 10.3. The number of ether oxygens (including phenoxy) is 2. The van der Waals surface area contributed by atoms with Crippen LogP contribution in [0.1, 0.15) is 25.0 Å². The van der Waals surface area contributed by atoms with Gasteiger partial charge >= 0.3 is 5.97 Å². The first-order chi connectivity index (χ1) is 7.33. The van der Waals surface area contributed by atoms with Crippen molar-refractivity contribution in [2.24, 2.45) is 0 Å². The molecule has 0 amide bonds. The average molecular weight is 206 g/mol. The Bertz CT molecular complexity index is 334. The molecule has 1 heterocycles. The van der Waals surface area contributed by atoms with Crippen LogP contribution < -0.4 is 0 Å². The lowest BCUT2D eigenvalue weighted by Crippen LogP contribution is -2.12. The number of benzene rings is 1. The van der Waals surface area contributed by atoms with Crippen LogP contribution in [-0.4, -0.2) is 18.7 Å². The van der Waals surface area contributed by atoms with Crippen molar-refractivity contribution in [3.05, 3.63) is 35.9 Å². The maximum Gasteiger partial charge on any atom is 0.338 e. The fourth-order valence-electron chi connectivity index (χ4n) is 1.47. The van der Waals surface area contributed by atoms with Gasteiger partial charge in [0.25, 0.3) is 0 Å². The average Bonchev–Trinajstić information content (AvgIpc) is 3.07. The predicted molar refractivity (Wildman–Crippen MR) is 55.3 cm³/mol. The SMILES string of the molecule is CCCOC(=O)C1OC1c1ccccc1. The third kappa shape index (κ3) is 2.36. The van der Waals surface area contributed by atoms with E-state index in [4.69, 9.17) is 9.47 Å². The van der Waals surface area contributed by atoms with Crippen molar-refractivity contribution in [1.29, 1.82) is 0 Å². The summed E-state index contributed by atoms with van der Waals surface area (Å²) in [4.78, 5) is 11.4. The van der Waals surface area contributed by atoms with E-state index < -0.39 is 0 Å². The quantitative estimate of drug-likeness (QED) is 0.559. The number of epoxide rings is 1. The number of rotatable bonds is 4. The standard InChI is InChI=1S/C12H14O3/c1-2-8-14-12(13)11-10(15-11)9-6-4-3-5-7-9/h3-7,10-11H,2,8H2,1H3. The molecule has 2 atom stereocenters. The van der Waals surface area contributed by atoms with Crippen molar-refractivity contribution in [1.82, 2.24) is 0 Å². The van der Waals surface area contributed by atoms with Crippen LogP contribution in [0.5, 0.6) is 0 Å². The molecule has 0 aliphatic carbocycles. The first kappa shape index (κ1) is 10.2. The fraction of sp³-hybridized carbons (Fsp3) is 0.417. The zero-order chi connectivity index (χ0) is 10.7. The van der Waals surface area contributed by atoms with Gasteiger partial charge in [-0.05, 0) is 12.0 Å². The predicted octanol–water partition coefficient (Wildman–Crippen LogP) is 2.08. The molecule has 0 radical (unpaired) electrons. The van der Waals surface area contributed by atoms with Gasteiger partial charge < -0.3 is 9.47 Å². The minimum atomic E-state index is -0.390. The van der Waals surface area contributed by atoms with Crippen LogP contribution in [0.25, 0.3) is 0 Å². The summed E-state index contributed by atoms with van der Waals surface area (Å²) in [5.74, 6) is -0.245. The molecule has 1 aliphatic rings. The van der Waals surface area contributed by atoms with Gasteiger partial charge in [-0.25, -0.2) is 4.79 Å². The fourth-order valence-corrected chi connectivity index (χ4v) is 1.47. The molecule has 1 fully saturated rings. The number of carbonyl (C=O) groups excluding carboxylic acids is 1. The highest BCUT2D eigenvalue weighted by molar-refractivity contribution is 5.78. The molecule has 80 valence electrons. The van der Waals surface area contributed by atoms with E-state index in [0.29, 0.717) is 6.61 Å². The topological polar surface area (TPSA) is 38.8 Å². The van der Waals surface area contributed by atoms with Crippen LogP contribution in [0.2, 0.25) is 0 Å². The summed E-state index contributed by atoms with van der Waals surface area (Å²) in [5.41, 5.74) is 1.04. The second-order valence-corrected chi connectivity index (χ2v) is 3.56. The normalized spacial score (nSPS) is 23.5. The van der Waals surface area contributed by atoms with Gasteiger partial charge in [0.15, 0.2) is 6.10 Å². The zero-order valence-electron chi connectivity index (χ0n) is 8.68. The van der Waals surface area contributed by atoms with Gasteiger partial charge in [-0.2, -0.15) is 0 Å². The molecular weight excluding hydrogens is 192 g/mol. The van der Waals surface area contributed by atoms with Crippen molar-refractivity contribution in [2.45, 2.75) is 25.6 Å². The van der Waals surface area contributed by atoms with Gasteiger partial charge in [0.1, 0.15) is 6.10 Å². The molecule has 1 aromatic rings. The molecule has 0 bridgehead atoms. The molecule has 1 aromatic carbocycles. The molecule has 3 heteroatoms. The lowest BCUT2D eigenvalue weighted by atomic mass is 10.1. The minimum absolute atomic E-state index is 0.101. The van der Waals surface area contributed by atoms with Crippen LogP contribution in [0.15, 0.2) is 30.3 Å². The van der Waals surface area contributed by atoms with Crippen molar-refractivity contribution in [2.75, 3.05) is 6.61 Å². The van der Waals surface area contributed by atoms with E-state index >= 15 is 0 Å². The Balaban J connectivity index is 1.88. The lowest BCUT2D eigenvalue weighted by Gasteiger charge is -1.99. The van der Waals surface area contributed by atoms with Crippen LogP contribution in [0.3, 0.4) is 0 Å². The maximum absolute atomic E-state index is 11.4. The second-order valence-electron chi connectivity index (χ2n) is 3.56. The third-order valence-electron chi connectivity index (χ3n) is 2.30. The smallest absolute Gasteiger partial charge is 0.338 e. The molecule has 2 rings (SSSR count). The summed E-state index contributed by atoms with van der Waals surface area (Å²) in [6.07, 6.45) is 0.351. The van der Waals surface area contributed by atoms with Crippen LogP contribution in [0, 0.1) is 0 Å². The molecule has 1 aliphatic heterocycles.